The molecular formula is C15H16FN3O. The van der Waals surface area contributed by atoms with E-state index >= 15 is 0 Å². The molecular weight excluding hydrogens is 257 g/mol. The maximum atomic E-state index is 13.0. The number of halogens is 1. The molecule has 1 amide bonds. The Bertz CT molecular complexity index is 656. The molecule has 20 heavy (non-hydrogen) atoms. The third-order valence-corrected chi connectivity index (χ3v) is 3.01. The summed E-state index contributed by atoms with van der Waals surface area (Å²) < 4.78 is 13.0. The van der Waals surface area contributed by atoms with Gasteiger partial charge in [0.1, 0.15) is 5.82 Å². The van der Waals surface area contributed by atoms with Gasteiger partial charge in [0.2, 0.25) is 0 Å². The molecule has 0 aliphatic rings. The molecule has 0 aliphatic heterocycles. The van der Waals surface area contributed by atoms with Crippen molar-refractivity contribution in [1.82, 2.24) is 0 Å². The monoisotopic (exact) mass is 273 g/mol. The van der Waals surface area contributed by atoms with Crippen LogP contribution in [-0.4, -0.2) is 5.91 Å². The minimum atomic E-state index is -0.333. The minimum absolute atomic E-state index is 0.295. The first kappa shape index (κ1) is 14.0. The van der Waals surface area contributed by atoms with Gasteiger partial charge in [-0.1, -0.05) is 11.6 Å². The largest absolute Gasteiger partial charge is 0.323 e. The van der Waals surface area contributed by atoms with E-state index in [-0.39, 0.29) is 11.7 Å². The number of benzene rings is 2. The van der Waals surface area contributed by atoms with Crippen molar-refractivity contribution in [2.24, 2.45) is 5.84 Å². The van der Waals surface area contributed by atoms with Crippen molar-refractivity contribution in [2.75, 3.05) is 10.7 Å². The molecule has 0 spiro atoms. The predicted molar refractivity (Wildman–Crippen MR) is 78.1 cm³/mol. The maximum absolute atomic E-state index is 13.0. The third-order valence-electron chi connectivity index (χ3n) is 3.01. The zero-order valence-electron chi connectivity index (χ0n) is 11.3. The molecule has 0 heterocycles. The summed E-state index contributed by atoms with van der Waals surface area (Å²) in [5, 5.41) is 2.75. The Balaban J connectivity index is 2.30. The Labute approximate surface area is 116 Å². The van der Waals surface area contributed by atoms with Gasteiger partial charge in [0.25, 0.3) is 5.91 Å². The molecule has 0 fully saturated rings. The number of hydrazine groups is 1. The summed E-state index contributed by atoms with van der Waals surface area (Å²) in [5.41, 5.74) is 5.65. The van der Waals surface area contributed by atoms with Crippen molar-refractivity contribution in [2.45, 2.75) is 13.8 Å². The van der Waals surface area contributed by atoms with Crippen molar-refractivity contribution in [3.05, 3.63) is 58.9 Å². The number of nitrogen functional groups attached to an aromatic ring is 1. The number of hydrogen-bond donors (Lipinski definition) is 3. The average molecular weight is 273 g/mol. The van der Waals surface area contributed by atoms with Crippen LogP contribution in [0.5, 0.6) is 0 Å². The van der Waals surface area contributed by atoms with E-state index in [1.807, 2.05) is 13.0 Å². The minimum Gasteiger partial charge on any atom is -0.323 e. The van der Waals surface area contributed by atoms with E-state index in [0.717, 1.165) is 5.56 Å². The number of aryl methyl sites for hydroxylation is 2. The lowest BCUT2D eigenvalue weighted by Crippen LogP contribution is -2.18. The van der Waals surface area contributed by atoms with Gasteiger partial charge in [-0.25, -0.2) is 4.39 Å². The molecule has 5 heteroatoms. The Morgan fingerprint density at radius 2 is 1.80 bits per heavy atom. The zero-order chi connectivity index (χ0) is 14.7. The number of amides is 1. The van der Waals surface area contributed by atoms with E-state index < -0.39 is 0 Å². The summed E-state index contributed by atoms with van der Waals surface area (Å²) in [6, 6.07) is 9.54. The van der Waals surface area contributed by atoms with Crippen LogP contribution in [0, 0.1) is 19.7 Å². The Hall–Kier alpha value is -2.40. The Morgan fingerprint density at radius 1 is 1.10 bits per heavy atom. The van der Waals surface area contributed by atoms with Crippen LogP contribution in [0.2, 0.25) is 0 Å². The summed E-state index contributed by atoms with van der Waals surface area (Å²) in [6.45, 7) is 3.62. The van der Waals surface area contributed by atoms with E-state index in [4.69, 9.17) is 5.84 Å². The highest BCUT2D eigenvalue weighted by molar-refractivity contribution is 6.08. The molecule has 0 saturated carbocycles. The zero-order valence-corrected chi connectivity index (χ0v) is 11.3. The van der Waals surface area contributed by atoms with Crippen molar-refractivity contribution in [3.63, 3.8) is 0 Å². The number of hydrogen-bond acceptors (Lipinski definition) is 3. The van der Waals surface area contributed by atoms with Crippen molar-refractivity contribution in [3.8, 4) is 0 Å². The van der Waals surface area contributed by atoms with E-state index in [0.29, 0.717) is 22.5 Å². The highest BCUT2D eigenvalue weighted by atomic mass is 19.1. The normalized spacial score (nSPS) is 10.2. The van der Waals surface area contributed by atoms with Crippen LogP contribution in [0.4, 0.5) is 15.8 Å². The molecule has 0 unspecified atom stereocenters. The molecule has 0 atom stereocenters. The van der Waals surface area contributed by atoms with Crippen molar-refractivity contribution >= 4 is 17.3 Å². The predicted octanol–water partition coefficient (Wildman–Crippen LogP) is 2.98. The first-order valence-electron chi connectivity index (χ1n) is 6.16. The lowest BCUT2D eigenvalue weighted by molar-refractivity contribution is 0.102. The number of carbonyl (C=O) groups excluding carboxylic acids is 1. The Kier molecular flexibility index (Phi) is 4.00. The first-order chi connectivity index (χ1) is 9.51. The van der Waals surface area contributed by atoms with Crippen LogP contribution in [0.1, 0.15) is 21.5 Å². The van der Waals surface area contributed by atoms with Crippen molar-refractivity contribution in [1.29, 1.82) is 0 Å². The topological polar surface area (TPSA) is 67.1 Å². The third kappa shape index (κ3) is 2.95. The summed E-state index contributed by atoms with van der Waals surface area (Å²) in [4.78, 5) is 12.3. The fraction of sp³-hybridized carbons (Fsp3) is 0.133. The second-order valence-electron chi connectivity index (χ2n) is 4.61. The van der Waals surface area contributed by atoms with Crippen LogP contribution in [0.3, 0.4) is 0 Å². The highest BCUT2D eigenvalue weighted by Gasteiger charge is 2.12. The SMILES string of the molecule is Cc1ccc(NN)c(C(=O)Nc2ccc(F)cc2C)c1. The van der Waals surface area contributed by atoms with E-state index in [9.17, 15) is 9.18 Å². The van der Waals surface area contributed by atoms with Crippen LogP contribution >= 0.6 is 0 Å². The van der Waals surface area contributed by atoms with Gasteiger partial charge in [-0.15, -0.1) is 0 Å². The summed E-state index contributed by atoms with van der Waals surface area (Å²) in [6.07, 6.45) is 0. The molecule has 104 valence electrons. The van der Waals surface area contributed by atoms with Gasteiger partial charge in [0.15, 0.2) is 0 Å². The Morgan fingerprint density at radius 3 is 2.45 bits per heavy atom. The molecule has 2 aromatic rings. The molecule has 0 aromatic heterocycles. The number of nitrogens with two attached hydrogens (primary N) is 1. The van der Waals surface area contributed by atoms with Gasteiger partial charge in [0, 0.05) is 5.69 Å². The molecule has 0 saturated heterocycles. The van der Waals surface area contributed by atoms with Crippen molar-refractivity contribution < 1.29 is 9.18 Å². The lowest BCUT2D eigenvalue weighted by Gasteiger charge is -2.12. The van der Waals surface area contributed by atoms with Gasteiger partial charge in [0.05, 0.1) is 11.3 Å². The molecule has 0 radical (unpaired) electrons. The second-order valence-corrected chi connectivity index (χ2v) is 4.61. The number of nitrogens with one attached hydrogen (secondary N) is 2. The molecule has 2 aromatic carbocycles. The van der Waals surface area contributed by atoms with Gasteiger partial charge >= 0.3 is 0 Å². The molecule has 0 bridgehead atoms. The van der Waals surface area contributed by atoms with Gasteiger partial charge < -0.3 is 10.7 Å². The maximum Gasteiger partial charge on any atom is 0.257 e. The standard InChI is InChI=1S/C15H16FN3O/c1-9-3-5-14(19-17)12(7-9)15(20)18-13-6-4-11(16)8-10(13)2/h3-8,19H,17H2,1-2H3,(H,18,20). The molecule has 4 nitrogen and oxygen atoms in total. The number of carbonyl (C=O) groups is 1. The fourth-order valence-corrected chi connectivity index (χ4v) is 1.93. The van der Waals surface area contributed by atoms with E-state index in [2.05, 4.69) is 10.7 Å². The lowest BCUT2D eigenvalue weighted by atomic mass is 10.1. The first-order valence-corrected chi connectivity index (χ1v) is 6.16. The van der Waals surface area contributed by atoms with Crippen LogP contribution in [0.15, 0.2) is 36.4 Å². The van der Waals surface area contributed by atoms with Gasteiger partial charge in [-0.05, 0) is 49.7 Å². The van der Waals surface area contributed by atoms with Crippen LogP contribution in [0.25, 0.3) is 0 Å². The van der Waals surface area contributed by atoms with Crippen LogP contribution < -0.4 is 16.6 Å². The van der Waals surface area contributed by atoms with Gasteiger partial charge in [-0.3, -0.25) is 10.6 Å². The van der Waals surface area contributed by atoms with E-state index in [1.54, 1.807) is 19.1 Å². The molecule has 2 rings (SSSR count). The number of rotatable bonds is 3. The smallest absolute Gasteiger partial charge is 0.257 e. The highest BCUT2D eigenvalue weighted by Crippen LogP contribution is 2.20. The van der Waals surface area contributed by atoms with Gasteiger partial charge in [-0.2, -0.15) is 0 Å². The van der Waals surface area contributed by atoms with Crippen LogP contribution in [-0.2, 0) is 0 Å². The fourth-order valence-electron chi connectivity index (χ4n) is 1.93. The second kappa shape index (κ2) is 5.71. The summed E-state index contributed by atoms with van der Waals surface area (Å²) >= 11 is 0. The molecule has 4 N–H and O–H groups in total. The number of anilines is 2. The quantitative estimate of drug-likeness (QED) is 0.595. The van der Waals surface area contributed by atoms with E-state index in [1.165, 1.54) is 18.2 Å². The molecule has 0 aliphatic carbocycles. The average Bonchev–Trinajstić information content (AvgIpc) is 2.41. The summed E-state index contributed by atoms with van der Waals surface area (Å²) in [7, 11) is 0. The summed E-state index contributed by atoms with van der Waals surface area (Å²) in [5.74, 6) is 4.77.